The van der Waals surface area contributed by atoms with Crippen LogP contribution >= 0.6 is 12.6 Å². The molecule has 6 nitrogen and oxygen atoms in total. The van der Waals surface area contributed by atoms with E-state index in [2.05, 4.69) is 33.1 Å². The van der Waals surface area contributed by atoms with Crippen molar-refractivity contribution in [2.24, 2.45) is 20.5 Å². The van der Waals surface area contributed by atoms with Gasteiger partial charge in [0.15, 0.2) is 0 Å². The molecule has 0 heterocycles. The smallest absolute Gasteiger partial charge is 0.148 e. The molecule has 0 unspecified atom stereocenters. The molecule has 0 N–H and O–H groups in total. The zero-order valence-corrected chi connectivity index (χ0v) is 15.8. The summed E-state index contributed by atoms with van der Waals surface area (Å²) in [6.07, 6.45) is 0. The van der Waals surface area contributed by atoms with Gasteiger partial charge in [-0.25, -0.2) is 0 Å². The Balaban J connectivity index is 1.78. The van der Waals surface area contributed by atoms with Gasteiger partial charge in [0.05, 0.1) is 31.3 Å². The molecule has 27 heavy (non-hydrogen) atoms. The molecule has 0 aliphatic heterocycles. The maximum absolute atomic E-state index is 5.39. The Labute approximate surface area is 163 Å². The quantitative estimate of drug-likeness (QED) is 0.377. The lowest BCUT2D eigenvalue weighted by atomic mass is 10.2. The van der Waals surface area contributed by atoms with Gasteiger partial charge in [0.1, 0.15) is 17.2 Å². The molecule has 136 valence electrons. The second-order valence-electron chi connectivity index (χ2n) is 5.47. The Hall–Kier alpha value is -3.19. The zero-order chi connectivity index (χ0) is 19.1. The van der Waals surface area contributed by atoms with Gasteiger partial charge in [-0.1, -0.05) is 6.07 Å². The number of ether oxygens (including phenoxy) is 2. The van der Waals surface area contributed by atoms with Crippen molar-refractivity contribution in [2.75, 3.05) is 14.2 Å². The molecule has 0 radical (unpaired) electrons. The summed E-state index contributed by atoms with van der Waals surface area (Å²) in [5.41, 5.74) is 2.70. The number of azo groups is 2. The molecule has 3 aromatic carbocycles. The molecule has 0 bridgehead atoms. The van der Waals surface area contributed by atoms with Gasteiger partial charge >= 0.3 is 0 Å². The molecule has 0 saturated heterocycles. The molecule has 0 fully saturated rings. The fraction of sp³-hybridized carbons (Fsp3) is 0.100. The number of rotatable bonds is 6. The van der Waals surface area contributed by atoms with Crippen LogP contribution in [0.2, 0.25) is 0 Å². The van der Waals surface area contributed by atoms with Crippen LogP contribution in [0.5, 0.6) is 11.5 Å². The number of benzene rings is 3. The lowest BCUT2D eigenvalue weighted by Crippen LogP contribution is -1.82. The molecule has 3 aromatic rings. The third kappa shape index (κ3) is 5.15. The Morgan fingerprint density at radius 3 is 2.00 bits per heavy atom. The van der Waals surface area contributed by atoms with Crippen LogP contribution in [0.1, 0.15) is 0 Å². The maximum Gasteiger partial charge on any atom is 0.148 e. The summed E-state index contributed by atoms with van der Waals surface area (Å²) in [4.78, 5) is 0.832. The number of thiol groups is 1. The minimum absolute atomic E-state index is 0.562. The first-order chi connectivity index (χ1) is 13.2. The average molecular weight is 378 g/mol. The molecule has 0 aromatic heterocycles. The van der Waals surface area contributed by atoms with Gasteiger partial charge in [0.25, 0.3) is 0 Å². The normalized spacial score (nSPS) is 11.2. The summed E-state index contributed by atoms with van der Waals surface area (Å²) < 4.78 is 10.5. The Bertz CT molecular complexity index is 972. The molecule has 0 amide bonds. The molecule has 0 aliphatic rings. The Morgan fingerprint density at radius 1 is 0.667 bits per heavy atom. The van der Waals surface area contributed by atoms with E-state index in [0.717, 1.165) is 16.3 Å². The molecular formula is C20H18N4O2S. The SMILES string of the molecule is COc1ccc(N=Nc2ccc(N=Nc3cccc(S)c3)cc2OC)cc1. The average Bonchev–Trinajstić information content (AvgIpc) is 2.71. The monoisotopic (exact) mass is 378 g/mol. The van der Waals surface area contributed by atoms with Crippen LogP contribution in [0.3, 0.4) is 0 Å². The lowest BCUT2D eigenvalue weighted by molar-refractivity contribution is 0.414. The first kappa shape index (κ1) is 18.6. The van der Waals surface area contributed by atoms with Crippen LogP contribution in [-0.2, 0) is 0 Å². The second-order valence-corrected chi connectivity index (χ2v) is 5.99. The third-order valence-corrected chi connectivity index (χ3v) is 3.90. The van der Waals surface area contributed by atoms with Crippen LogP contribution in [0.25, 0.3) is 0 Å². The number of methoxy groups -OCH3 is 2. The highest BCUT2D eigenvalue weighted by molar-refractivity contribution is 7.80. The van der Waals surface area contributed by atoms with E-state index in [4.69, 9.17) is 9.47 Å². The summed E-state index contributed by atoms with van der Waals surface area (Å²) in [7, 11) is 3.20. The van der Waals surface area contributed by atoms with E-state index in [-0.39, 0.29) is 0 Å². The molecule has 7 heteroatoms. The van der Waals surface area contributed by atoms with E-state index in [0.29, 0.717) is 22.8 Å². The number of nitrogens with zero attached hydrogens (tertiary/aromatic N) is 4. The van der Waals surface area contributed by atoms with Crippen molar-refractivity contribution >= 4 is 35.4 Å². The van der Waals surface area contributed by atoms with Crippen molar-refractivity contribution in [2.45, 2.75) is 4.90 Å². The van der Waals surface area contributed by atoms with Gasteiger partial charge in [-0.2, -0.15) is 15.3 Å². The van der Waals surface area contributed by atoms with Crippen molar-refractivity contribution in [1.29, 1.82) is 0 Å². The van der Waals surface area contributed by atoms with E-state index in [9.17, 15) is 0 Å². The maximum atomic E-state index is 5.39. The van der Waals surface area contributed by atoms with Gasteiger partial charge in [-0.15, -0.1) is 17.7 Å². The molecule has 3 rings (SSSR count). The van der Waals surface area contributed by atoms with Crippen molar-refractivity contribution in [3.63, 3.8) is 0 Å². The minimum Gasteiger partial charge on any atom is -0.497 e. The van der Waals surface area contributed by atoms with Crippen molar-refractivity contribution in [3.8, 4) is 11.5 Å². The minimum atomic E-state index is 0.562. The largest absolute Gasteiger partial charge is 0.497 e. The summed E-state index contributed by atoms with van der Waals surface area (Å²) in [6.45, 7) is 0. The van der Waals surface area contributed by atoms with Gasteiger partial charge in [-0.3, -0.25) is 0 Å². The van der Waals surface area contributed by atoms with Crippen LogP contribution < -0.4 is 9.47 Å². The first-order valence-electron chi connectivity index (χ1n) is 8.12. The van der Waals surface area contributed by atoms with Crippen LogP contribution in [0.4, 0.5) is 22.7 Å². The summed E-state index contributed by atoms with van der Waals surface area (Å²) in [5.74, 6) is 1.33. The highest BCUT2D eigenvalue weighted by Crippen LogP contribution is 2.33. The predicted molar refractivity (Wildman–Crippen MR) is 108 cm³/mol. The standard InChI is InChI=1S/C20H18N4O2S/c1-25-17-9-6-14(7-10-17)21-24-19-11-8-16(13-20(19)26-2)23-22-15-4-3-5-18(27)12-15/h3-13,27H,1-2H3. The van der Waals surface area contributed by atoms with E-state index in [1.165, 1.54) is 0 Å². The number of hydrogen-bond acceptors (Lipinski definition) is 7. The van der Waals surface area contributed by atoms with Crippen LogP contribution in [-0.4, -0.2) is 14.2 Å². The predicted octanol–water partition coefficient (Wildman–Crippen LogP) is 6.82. The highest BCUT2D eigenvalue weighted by atomic mass is 32.1. The molecular weight excluding hydrogens is 360 g/mol. The summed E-state index contributed by atoms with van der Waals surface area (Å²) in [6, 6.07) is 20.1. The van der Waals surface area contributed by atoms with Crippen molar-refractivity contribution in [3.05, 3.63) is 66.7 Å². The molecule has 0 spiro atoms. The molecule has 0 aliphatic carbocycles. The second kappa shape index (κ2) is 8.95. The lowest BCUT2D eigenvalue weighted by Gasteiger charge is -2.04. The van der Waals surface area contributed by atoms with E-state index >= 15 is 0 Å². The molecule has 0 atom stereocenters. The van der Waals surface area contributed by atoms with Gasteiger partial charge in [-0.05, 0) is 54.6 Å². The zero-order valence-electron chi connectivity index (χ0n) is 14.9. The van der Waals surface area contributed by atoms with Crippen molar-refractivity contribution < 1.29 is 9.47 Å². The highest BCUT2D eigenvalue weighted by Gasteiger charge is 2.04. The van der Waals surface area contributed by atoms with Crippen LogP contribution in [0.15, 0.2) is 92.1 Å². The summed E-state index contributed by atoms with van der Waals surface area (Å²) >= 11 is 4.29. The fourth-order valence-corrected chi connectivity index (χ4v) is 2.46. The van der Waals surface area contributed by atoms with E-state index in [1.54, 1.807) is 32.4 Å². The van der Waals surface area contributed by atoms with Gasteiger partial charge in [0.2, 0.25) is 0 Å². The molecule has 0 saturated carbocycles. The fourth-order valence-electron chi connectivity index (χ4n) is 2.24. The first-order valence-corrected chi connectivity index (χ1v) is 8.57. The van der Waals surface area contributed by atoms with Crippen LogP contribution in [0, 0.1) is 0 Å². The van der Waals surface area contributed by atoms with Crippen molar-refractivity contribution in [1.82, 2.24) is 0 Å². The Morgan fingerprint density at radius 2 is 1.33 bits per heavy atom. The van der Waals surface area contributed by atoms with Gasteiger partial charge < -0.3 is 9.47 Å². The topological polar surface area (TPSA) is 67.9 Å². The summed E-state index contributed by atoms with van der Waals surface area (Å²) in [5, 5.41) is 16.9. The van der Waals surface area contributed by atoms with E-state index < -0.39 is 0 Å². The number of hydrogen-bond donors (Lipinski definition) is 1. The third-order valence-electron chi connectivity index (χ3n) is 3.62. The van der Waals surface area contributed by atoms with Gasteiger partial charge in [0, 0.05) is 11.0 Å². The Kier molecular flexibility index (Phi) is 6.17. The van der Waals surface area contributed by atoms with E-state index in [1.807, 2.05) is 48.5 Å².